The van der Waals surface area contributed by atoms with Crippen LogP contribution in [0.4, 0.5) is 28.9 Å². The van der Waals surface area contributed by atoms with Gasteiger partial charge >= 0.3 is 0 Å². The normalized spacial score (nSPS) is 10.5. The topological polar surface area (TPSA) is 72.5 Å². The molecule has 6 nitrogen and oxygen atoms in total. The third-order valence-electron chi connectivity index (χ3n) is 4.11. The number of halogens is 4. The van der Waals surface area contributed by atoms with E-state index in [0.29, 0.717) is 22.7 Å². The van der Waals surface area contributed by atoms with Crippen LogP contribution >= 0.6 is 0 Å². The third kappa shape index (κ3) is 5.41. The van der Waals surface area contributed by atoms with Crippen LogP contribution in [-0.2, 0) is 0 Å². The molecule has 0 saturated carbocycles. The highest BCUT2D eigenvalue weighted by Gasteiger charge is 2.20. The van der Waals surface area contributed by atoms with E-state index in [1.807, 2.05) is 0 Å². The standard InChI is InChI=1S/C21H17F4N3O3/c1-30-14-7-5-12(6-8-14)21(29)27-13-3-2-4-15(11-13)31-10-9-26-18-16(22)19(24)28-20(25)17(18)23/h2-8,11H,9-10H2,1H3,(H,26,28)(H,27,29). The Morgan fingerprint density at radius 2 is 1.65 bits per heavy atom. The lowest BCUT2D eigenvalue weighted by Crippen LogP contribution is -2.16. The Bertz CT molecular complexity index is 1050. The van der Waals surface area contributed by atoms with Gasteiger partial charge in [0.25, 0.3) is 17.8 Å². The highest BCUT2D eigenvalue weighted by molar-refractivity contribution is 6.04. The van der Waals surface area contributed by atoms with Gasteiger partial charge in [-0.15, -0.1) is 0 Å². The van der Waals surface area contributed by atoms with Crippen molar-refractivity contribution in [3.8, 4) is 11.5 Å². The van der Waals surface area contributed by atoms with E-state index < -0.39 is 29.2 Å². The Kier molecular flexibility index (Phi) is 6.91. The molecular weight excluding hydrogens is 418 g/mol. The van der Waals surface area contributed by atoms with Gasteiger partial charge in [-0.05, 0) is 36.4 Å². The summed E-state index contributed by atoms with van der Waals surface area (Å²) in [6, 6.07) is 13.0. The lowest BCUT2D eigenvalue weighted by Gasteiger charge is -2.12. The highest BCUT2D eigenvalue weighted by atomic mass is 19.2. The minimum atomic E-state index is -1.75. The number of aromatic nitrogens is 1. The maximum Gasteiger partial charge on any atom is 0.255 e. The number of nitrogens with zero attached hydrogens (tertiary/aromatic N) is 1. The molecule has 1 amide bonds. The number of nitrogens with one attached hydrogen (secondary N) is 2. The molecule has 2 aromatic carbocycles. The van der Waals surface area contributed by atoms with Crippen molar-refractivity contribution in [2.45, 2.75) is 0 Å². The predicted molar refractivity (Wildman–Crippen MR) is 105 cm³/mol. The van der Waals surface area contributed by atoms with Crippen molar-refractivity contribution in [3.05, 3.63) is 77.6 Å². The number of hydrogen-bond acceptors (Lipinski definition) is 5. The molecule has 0 bridgehead atoms. The number of hydrogen-bond donors (Lipinski definition) is 2. The van der Waals surface area contributed by atoms with Gasteiger partial charge in [-0.2, -0.15) is 22.5 Å². The van der Waals surface area contributed by atoms with Crippen LogP contribution in [-0.4, -0.2) is 31.2 Å². The van der Waals surface area contributed by atoms with Gasteiger partial charge in [0.05, 0.1) is 7.11 Å². The molecule has 162 valence electrons. The first-order valence-electron chi connectivity index (χ1n) is 9.01. The minimum Gasteiger partial charge on any atom is -0.497 e. The van der Waals surface area contributed by atoms with Crippen LogP contribution in [0, 0.1) is 23.5 Å². The Labute approximate surface area is 174 Å². The number of rotatable bonds is 8. The summed E-state index contributed by atoms with van der Waals surface area (Å²) >= 11 is 0. The molecule has 1 aromatic heterocycles. The Hall–Kier alpha value is -3.82. The number of anilines is 2. The Morgan fingerprint density at radius 3 is 2.29 bits per heavy atom. The van der Waals surface area contributed by atoms with Gasteiger partial charge in [-0.25, -0.2) is 0 Å². The molecule has 0 fully saturated rings. The third-order valence-corrected chi connectivity index (χ3v) is 4.11. The molecule has 2 N–H and O–H groups in total. The maximum absolute atomic E-state index is 13.6. The van der Waals surface area contributed by atoms with E-state index in [4.69, 9.17) is 9.47 Å². The van der Waals surface area contributed by atoms with Gasteiger partial charge in [-0.1, -0.05) is 6.07 Å². The highest BCUT2D eigenvalue weighted by Crippen LogP contribution is 2.22. The molecule has 0 atom stereocenters. The Balaban J connectivity index is 1.56. The summed E-state index contributed by atoms with van der Waals surface area (Å²) in [5.74, 6) is -6.09. The molecule has 0 aliphatic rings. The van der Waals surface area contributed by atoms with Gasteiger partial charge in [-0.3, -0.25) is 4.79 Å². The molecule has 31 heavy (non-hydrogen) atoms. The SMILES string of the molecule is COc1ccc(C(=O)Nc2cccc(OCCNc3c(F)c(F)nc(F)c3F)c2)cc1. The summed E-state index contributed by atoms with van der Waals surface area (Å²) in [6.07, 6.45) is 0. The molecule has 0 spiro atoms. The number of amides is 1. The number of pyridine rings is 1. The molecule has 0 aliphatic heterocycles. The molecule has 0 unspecified atom stereocenters. The van der Waals surface area contributed by atoms with Crippen molar-refractivity contribution in [3.63, 3.8) is 0 Å². The van der Waals surface area contributed by atoms with E-state index in [9.17, 15) is 22.4 Å². The van der Waals surface area contributed by atoms with Crippen molar-refractivity contribution in [2.75, 3.05) is 30.9 Å². The van der Waals surface area contributed by atoms with E-state index in [1.165, 1.54) is 7.11 Å². The van der Waals surface area contributed by atoms with E-state index >= 15 is 0 Å². The van der Waals surface area contributed by atoms with Gasteiger partial charge in [0.2, 0.25) is 11.6 Å². The second-order valence-electron chi connectivity index (χ2n) is 6.18. The van der Waals surface area contributed by atoms with Crippen molar-refractivity contribution in [2.24, 2.45) is 0 Å². The van der Waals surface area contributed by atoms with Crippen LogP contribution in [0.3, 0.4) is 0 Å². The summed E-state index contributed by atoms with van der Waals surface area (Å²) in [6.45, 7) is -0.237. The molecule has 3 aromatic rings. The van der Waals surface area contributed by atoms with Crippen molar-refractivity contribution in [1.82, 2.24) is 4.98 Å². The van der Waals surface area contributed by atoms with Crippen molar-refractivity contribution < 1.29 is 31.8 Å². The zero-order valence-corrected chi connectivity index (χ0v) is 16.2. The first-order valence-corrected chi connectivity index (χ1v) is 9.01. The zero-order valence-electron chi connectivity index (χ0n) is 16.2. The number of benzene rings is 2. The summed E-state index contributed by atoms with van der Waals surface area (Å²) in [7, 11) is 1.52. The first-order chi connectivity index (χ1) is 14.9. The average Bonchev–Trinajstić information content (AvgIpc) is 2.77. The summed E-state index contributed by atoms with van der Waals surface area (Å²) in [5, 5.41) is 4.95. The fourth-order valence-corrected chi connectivity index (χ4v) is 2.60. The van der Waals surface area contributed by atoms with E-state index in [-0.39, 0.29) is 19.1 Å². The number of carbonyl (C=O) groups is 1. The summed E-state index contributed by atoms with van der Waals surface area (Å²) in [5.41, 5.74) is -0.0760. The van der Waals surface area contributed by atoms with Gasteiger partial charge in [0.1, 0.15) is 23.8 Å². The molecule has 1 heterocycles. The summed E-state index contributed by atoms with van der Waals surface area (Å²) in [4.78, 5) is 14.8. The van der Waals surface area contributed by atoms with E-state index in [2.05, 4.69) is 15.6 Å². The monoisotopic (exact) mass is 435 g/mol. The molecule has 3 rings (SSSR count). The second kappa shape index (κ2) is 9.79. The lowest BCUT2D eigenvalue weighted by molar-refractivity contribution is 0.102. The fraction of sp³-hybridized carbons (Fsp3) is 0.143. The number of methoxy groups -OCH3 is 1. The largest absolute Gasteiger partial charge is 0.497 e. The van der Waals surface area contributed by atoms with E-state index in [0.717, 1.165) is 0 Å². The molecular formula is C21H17F4N3O3. The van der Waals surface area contributed by atoms with Gasteiger partial charge in [0.15, 0.2) is 0 Å². The smallest absolute Gasteiger partial charge is 0.255 e. The number of ether oxygens (including phenoxy) is 2. The van der Waals surface area contributed by atoms with Crippen LogP contribution in [0.5, 0.6) is 11.5 Å². The molecule has 10 heteroatoms. The van der Waals surface area contributed by atoms with E-state index in [1.54, 1.807) is 48.5 Å². The summed E-state index contributed by atoms with van der Waals surface area (Å²) < 4.78 is 63.8. The predicted octanol–water partition coefficient (Wildman–Crippen LogP) is 4.39. The molecule has 0 saturated heterocycles. The first kappa shape index (κ1) is 21.9. The molecule has 0 radical (unpaired) electrons. The maximum atomic E-state index is 13.6. The molecule has 0 aliphatic carbocycles. The van der Waals surface area contributed by atoms with Gasteiger partial charge < -0.3 is 20.1 Å². The van der Waals surface area contributed by atoms with Crippen LogP contribution in [0.2, 0.25) is 0 Å². The average molecular weight is 435 g/mol. The lowest BCUT2D eigenvalue weighted by atomic mass is 10.2. The fourth-order valence-electron chi connectivity index (χ4n) is 2.60. The zero-order chi connectivity index (χ0) is 22.4. The van der Waals surface area contributed by atoms with Crippen molar-refractivity contribution >= 4 is 17.3 Å². The van der Waals surface area contributed by atoms with Crippen molar-refractivity contribution in [1.29, 1.82) is 0 Å². The Morgan fingerprint density at radius 1 is 0.968 bits per heavy atom. The van der Waals surface area contributed by atoms with Crippen LogP contribution in [0.25, 0.3) is 0 Å². The van der Waals surface area contributed by atoms with Crippen LogP contribution in [0.1, 0.15) is 10.4 Å². The second-order valence-corrected chi connectivity index (χ2v) is 6.18. The number of carbonyl (C=O) groups excluding carboxylic acids is 1. The van der Waals surface area contributed by atoms with Crippen LogP contribution in [0.15, 0.2) is 48.5 Å². The van der Waals surface area contributed by atoms with Crippen LogP contribution < -0.4 is 20.1 Å². The quantitative estimate of drug-likeness (QED) is 0.312. The van der Waals surface area contributed by atoms with Gasteiger partial charge in [0, 0.05) is 23.9 Å². The minimum absolute atomic E-state index is 0.0830.